The van der Waals surface area contributed by atoms with Gasteiger partial charge in [0, 0.05) is 19.1 Å². The van der Waals surface area contributed by atoms with Crippen LogP contribution in [-0.4, -0.2) is 52.0 Å². The topological polar surface area (TPSA) is 63.1 Å². The van der Waals surface area contributed by atoms with Gasteiger partial charge in [-0.15, -0.1) is 5.10 Å². The van der Waals surface area contributed by atoms with Gasteiger partial charge in [0.15, 0.2) is 5.69 Å². The average molecular weight is 313 g/mol. The van der Waals surface area contributed by atoms with Crippen LogP contribution in [-0.2, 0) is 0 Å². The fraction of sp³-hybridized carbons (Fsp3) is 0.471. The van der Waals surface area contributed by atoms with Crippen LogP contribution in [0.25, 0.3) is 5.69 Å². The first-order valence-electron chi connectivity index (χ1n) is 8.04. The molecule has 1 aliphatic rings. The van der Waals surface area contributed by atoms with Crippen molar-refractivity contribution in [3.05, 3.63) is 41.2 Å². The lowest BCUT2D eigenvalue weighted by Crippen LogP contribution is -2.34. The van der Waals surface area contributed by atoms with Crippen molar-refractivity contribution in [1.82, 2.24) is 25.2 Å². The number of benzene rings is 1. The minimum absolute atomic E-state index is 0.162. The van der Waals surface area contributed by atoms with Crippen LogP contribution >= 0.6 is 0 Å². The molecule has 3 rings (SSSR count). The summed E-state index contributed by atoms with van der Waals surface area (Å²) in [7, 11) is 2.10. The largest absolute Gasteiger partial charge is 0.349 e. The van der Waals surface area contributed by atoms with E-state index in [1.54, 1.807) is 4.68 Å². The number of carbonyl (C=O) groups excluding carboxylic acids is 1. The molecule has 0 unspecified atom stereocenters. The van der Waals surface area contributed by atoms with Gasteiger partial charge >= 0.3 is 0 Å². The molecule has 0 aliphatic heterocycles. The Morgan fingerprint density at radius 3 is 2.65 bits per heavy atom. The molecule has 1 aromatic heterocycles. The summed E-state index contributed by atoms with van der Waals surface area (Å²) in [6.07, 6.45) is 2.54. The number of aryl methyl sites for hydroxylation is 1. The van der Waals surface area contributed by atoms with Crippen molar-refractivity contribution in [1.29, 1.82) is 0 Å². The molecule has 1 aromatic carbocycles. The maximum atomic E-state index is 12.3. The van der Waals surface area contributed by atoms with E-state index in [2.05, 4.69) is 27.6 Å². The Labute approximate surface area is 136 Å². The molecule has 1 aliphatic carbocycles. The first-order valence-corrected chi connectivity index (χ1v) is 8.04. The minimum atomic E-state index is -0.162. The average Bonchev–Trinajstić information content (AvgIpc) is 3.31. The van der Waals surface area contributed by atoms with Gasteiger partial charge in [-0.2, -0.15) is 0 Å². The summed E-state index contributed by atoms with van der Waals surface area (Å²) in [4.78, 5) is 14.6. The van der Waals surface area contributed by atoms with Crippen molar-refractivity contribution in [3.63, 3.8) is 0 Å². The molecule has 1 heterocycles. The molecule has 0 bridgehead atoms. The standard InChI is InChI=1S/C17H23N5O/c1-12-4-6-15(7-5-12)22-13(2)16(19-20-22)17(23)18-10-11-21(3)14-8-9-14/h4-7,14H,8-11H2,1-3H3,(H,18,23). The highest BCUT2D eigenvalue weighted by Gasteiger charge is 2.25. The Bertz CT molecular complexity index is 688. The van der Waals surface area contributed by atoms with E-state index >= 15 is 0 Å². The fourth-order valence-electron chi connectivity index (χ4n) is 2.60. The molecule has 0 atom stereocenters. The van der Waals surface area contributed by atoms with Crippen molar-refractivity contribution in [2.45, 2.75) is 32.7 Å². The fourth-order valence-corrected chi connectivity index (χ4v) is 2.60. The number of hydrogen-bond acceptors (Lipinski definition) is 4. The summed E-state index contributed by atoms with van der Waals surface area (Å²) < 4.78 is 1.70. The predicted octanol–water partition coefficient (Wildman–Crippen LogP) is 1.71. The Balaban J connectivity index is 1.63. The van der Waals surface area contributed by atoms with Crippen LogP contribution in [0.2, 0.25) is 0 Å². The second kappa shape index (κ2) is 6.50. The molecule has 122 valence electrons. The van der Waals surface area contributed by atoms with E-state index in [0.717, 1.165) is 17.9 Å². The number of nitrogens with zero attached hydrogens (tertiary/aromatic N) is 4. The van der Waals surface area contributed by atoms with Crippen LogP contribution in [0.5, 0.6) is 0 Å². The third-order valence-corrected chi connectivity index (χ3v) is 4.31. The van der Waals surface area contributed by atoms with Crippen LogP contribution in [0.15, 0.2) is 24.3 Å². The molecule has 6 heteroatoms. The summed E-state index contributed by atoms with van der Waals surface area (Å²) in [5, 5.41) is 11.1. The summed E-state index contributed by atoms with van der Waals surface area (Å²) in [6.45, 7) is 5.39. The third kappa shape index (κ3) is 3.59. The van der Waals surface area contributed by atoms with Gasteiger partial charge in [-0.1, -0.05) is 22.9 Å². The molecule has 23 heavy (non-hydrogen) atoms. The monoisotopic (exact) mass is 313 g/mol. The van der Waals surface area contributed by atoms with E-state index in [9.17, 15) is 4.79 Å². The van der Waals surface area contributed by atoms with E-state index < -0.39 is 0 Å². The van der Waals surface area contributed by atoms with E-state index in [1.165, 1.54) is 18.4 Å². The number of rotatable bonds is 6. The molecule has 2 aromatic rings. The molecular weight excluding hydrogens is 290 g/mol. The first kappa shape index (κ1) is 15.7. The smallest absolute Gasteiger partial charge is 0.273 e. The molecule has 1 N–H and O–H groups in total. The molecule has 0 spiro atoms. The second-order valence-electron chi connectivity index (χ2n) is 6.24. The number of amides is 1. The van der Waals surface area contributed by atoms with E-state index in [0.29, 0.717) is 18.3 Å². The quantitative estimate of drug-likeness (QED) is 0.882. The van der Waals surface area contributed by atoms with Gasteiger partial charge in [0.05, 0.1) is 11.4 Å². The van der Waals surface area contributed by atoms with Gasteiger partial charge < -0.3 is 10.2 Å². The van der Waals surface area contributed by atoms with Crippen molar-refractivity contribution in [2.24, 2.45) is 0 Å². The van der Waals surface area contributed by atoms with Crippen LogP contribution in [0, 0.1) is 13.8 Å². The second-order valence-corrected chi connectivity index (χ2v) is 6.24. The lowest BCUT2D eigenvalue weighted by molar-refractivity contribution is 0.0943. The molecule has 0 saturated heterocycles. The summed E-state index contributed by atoms with van der Waals surface area (Å²) >= 11 is 0. The maximum absolute atomic E-state index is 12.3. The summed E-state index contributed by atoms with van der Waals surface area (Å²) in [6, 6.07) is 8.69. The van der Waals surface area contributed by atoms with Gasteiger partial charge in [-0.05, 0) is 45.9 Å². The first-order chi connectivity index (χ1) is 11.1. The zero-order chi connectivity index (χ0) is 16.4. The predicted molar refractivity (Wildman–Crippen MR) is 88.8 cm³/mol. The molecule has 1 saturated carbocycles. The zero-order valence-corrected chi connectivity index (χ0v) is 13.9. The number of carbonyl (C=O) groups is 1. The van der Waals surface area contributed by atoms with E-state index in [1.807, 2.05) is 38.1 Å². The van der Waals surface area contributed by atoms with Crippen LogP contribution in [0.1, 0.15) is 34.6 Å². The Hall–Kier alpha value is -2.21. The Morgan fingerprint density at radius 2 is 2.00 bits per heavy atom. The number of hydrogen-bond donors (Lipinski definition) is 1. The maximum Gasteiger partial charge on any atom is 0.273 e. The van der Waals surface area contributed by atoms with Crippen molar-refractivity contribution >= 4 is 5.91 Å². The normalized spacial score (nSPS) is 14.3. The van der Waals surface area contributed by atoms with Gasteiger partial charge in [-0.25, -0.2) is 4.68 Å². The zero-order valence-electron chi connectivity index (χ0n) is 13.9. The highest BCUT2D eigenvalue weighted by Crippen LogP contribution is 2.24. The van der Waals surface area contributed by atoms with Crippen LogP contribution in [0.3, 0.4) is 0 Å². The lowest BCUT2D eigenvalue weighted by atomic mass is 10.2. The third-order valence-electron chi connectivity index (χ3n) is 4.31. The molecule has 6 nitrogen and oxygen atoms in total. The highest BCUT2D eigenvalue weighted by molar-refractivity contribution is 5.93. The molecule has 1 amide bonds. The van der Waals surface area contributed by atoms with Crippen LogP contribution in [0.4, 0.5) is 0 Å². The number of aromatic nitrogens is 3. The Morgan fingerprint density at radius 1 is 1.30 bits per heavy atom. The SMILES string of the molecule is Cc1ccc(-n2nnc(C(=O)NCCN(C)C3CC3)c2C)cc1. The highest BCUT2D eigenvalue weighted by atomic mass is 16.2. The molecular formula is C17H23N5O. The van der Waals surface area contributed by atoms with Gasteiger partial charge in [0.1, 0.15) is 0 Å². The Kier molecular flexibility index (Phi) is 4.43. The number of likely N-dealkylation sites (N-methyl/N-ethyl adjacent to an activating group) is 1. The molecule has 0 radical (unpaired) electrons. The van der Waals surface area contributed by atoms with Gasteiger partial charge in [0.25, 0.3) is 5.91 Å². The van der Waals surface area contributed by atoms with Crippen LogP contribution < -0.4 is 5.32 Å². The van der Waals surface area contributed by atoms with Crippen molar-refractivity contribution < 1.29 is 4.79 Å². The van der Waals surface area contributed by atoms with Gasteiger partial charge in [0.2, 0.25) is 0 Å². The van der Waals surface area contributed by atoms with Crippen molar-refractivity contribution in [2.75, 3.05) is 20.1 Å². The summed E-state index contributed by atoms with van der Waals surface area (Å²) in [5.74, 6) is -0.162. The number of nitrogens with one attached hydrogen (secondary N) is 1. The van der Waals surface area contributed by atoms with E-state index in [-0.39, 0.29) is 5.91 Å². The van der Waals surface area contributed by atoms with Gasteiger partial charge in [-0.3, -0.25) is 4.79 Å². The molecule has 1 fully saturated rings. The van der Waals surface area contributed by atoms with Crippen molar-refractivity contribution in [3.8, 4) is 5.69 Å². The minimum Gasteiger partial charge on any atom is -0.349 e. The van der Waals surface area contributed by atoms with E-state index in [4.69, 9.17) is 0 Å². The lowest BCUT2D eigenvalue weighted by Gasteiger charge is -2.15. The summed E-state index contributed by atoms with van der Waals surface area (Å²) in [5.41, 5.74) is 3.24.